The predicted molar refractivity (Wildman–Crippen MR) is 131 cm³/mol. The fourth-order valence-electron chi connectivity index (χ4n) is 4.90. The van der Waals surface area contributed by atoms with Crippen LogP contribution in [0.15, 0.2) is 59.9 Å². The topological polar surface area (TPSA) is 96.3 Å². The molecule has 0 radical (unpaired) electrons. The van der Waals surface area contributed by atoms with Gasteiger partial charge in [0, 0.05) is 23.4 Å². The van der Waals surface area contributed by atoms with Crippen LogP contribution in [0.25, 0.3) is 0 Å². The van der Waals surface area contributed by atoms with Crippen molar-refractivity contribution in [2.75, 3.05) is 10.6 Å². The van der Waals surface area contributed by atoms with Crippen LogP contribution in [0.5, 0.6) is 5.75 Å². The van der Waals surface area contributed by atoms with Crippen molar-refractivity contribution in [1.82, 2.24) is 9.78 Å². The molecule has 0 saturated carbocycles. The van der Waals surface area contributed by atoms with Gasteiger partial charge in [-0.05, 0) is 66.6 Å². The van der Waals surface area contributed by atoms with Gasteiger partial charge in [0.25, 0.3) is 5.91 Å². The second kappa shape index (κ2) is 7.87. The summed E-state index contributed by atoms with van der Waals surface area (Å²) in [7, 11) is 0. The van der Waals surface area contributed by atoms with Crippen LogP contribution in [0.2, 0.25) is 0 Å². The predicted octanol–water partition coefficient (Wildman–Crippen LogP) is 5.12. The number of allylic oxidation sites excluding steroid dienone is 2. The summed E-state index contributed by atoms with van der Waals surface area (Å²) in [6.45, 7) is 8.17. The van der Waals surface area contributed by atoms with Crippen molar-refractivity contribution in [2.24, 2.45) is 5.41 Å². The number of nitrogens with zero attached hydrogens (tertiary/aromatic N) is 2. The Bertz CT molecular complexity index is 1370. The molecule has 7 heteroatoms. The Morgan fingerprint density at radius 2 is 1.94 bits per heavy atom. The number of carbonyl (C=O) groups is 2. The number of nitrogens with one attached hydrogen (secondary N) is 2. The molecule has 1 atom stereocenters. The average molecular weight is 457 g/mol. The largest absolute Gasteiger partial charge is 0.508 e. The highest BCUT2D eigenvalue weighted by Gasteiger charge is 2.42. The Morgan fingerprint density at radius 1 is 1.15 bits per heavy atom. The van der Waals surface area contributed by atoms with E-state index in [2.05, 4.69) is 29.6 Å². The van der Waals surface area contributed by atoms with E-state index in [0.29, 0.717) is 35.5 Å². The monoisotopic (exact) mass is 456 g/mol. The van der Waals surface area contributed by atoms with Crippen LogP contribution >= 0.6 is 0 Å². The average Bonchev–Trinajstić information content (AvgIpc) is 3.17. The minimum atomic E-state index is -0.523. The first kappa shape index (κ1) is 21.9. The number of fused-ring (bicyclic) bond motifs is 1. The minimum absolute atomic E-state index is 0.0503. The molecule has 1 amide bonds. The van der Waals surface area contributed by atoms with E-state index in [1.54, 1.807) is 22.9 Å². The number of ketones is 1. The van der Waals surface area contributed by atoms with Gasteiger partial charge in [-0.2, -0.15) is 5.10 Å². The Kier molecular flexibility index (Phi) is 5.08. The molecule has 174 valence electrons. The molecular weight excluding hydrogens is 428 g/mol. The second-order valence-corrected chi connectivity index (χ2v) is 10.1. The van der Waals surface area contributed by atoms with Gasteiger partial charge in [0.05, 0.1) is 6.20 Å². The molecule has 5 rings (SSSR count). The van der Waals surface area contributed by atoms with Crippen molar-refractivity contribution in [2.45, 2.75) is 46.6 Å². The lowest BCUT2D eigenvalue weighted by Gasteiger charge is -2.39. The van der Waals surface area contributed by atoms with Gasteiger partial charge in [0.15, 0.2) is 5.78 Å². The summed E-state index contributed by atoms with van der Waals surface area (Å²) in [5.41, 5.74) is 5.34. The second-order valence-electron chi connectivity index (χ2n) is 10.1. The van der Waals surface area contributed by atoms with Gasteiger partial charge in [0.2, 0.25) is 0 Å². The summed E-state index contributed by atoms with van der Waals surface area (Å²) in [5, 5.41) is 21.0. The minimum Gasteiger partial charge on any atom is -0.508 e. The van der Waals surface area contributed by atoms with Crippen LogP contribution in [0, 0.1) is 19.3 Å². The number of aromatic nitrogens is 2. The molecule has 1 aromatic heterocycles. The first-order valence-corrected chi connectivity index (χ1v) is 11.4. The molecule has 3 N–H and O–H groups in total. The van der Waals surface area contributed by atoms with E-state index in [0.717, 1.165) is 22.4 Å². The molecule has 34 heavy (non-hydrogen) atoms. The zero-order valence-corrected chi connectivity index (χ0v) is 19.8. The standard InChI is InChI=1S/C27H28N4O3/c1-15-8-9-18(10-16(15)2)29-26(34)20-14-28-31-24(17-6-5-7-19(32)11-17)23-21(30-25(20)31)12-27(3,4)13-22(23)33/h5-11,14,24,30,32H,12-13H2,1-4H3,(H,29,34). The van der Waals surface area contributed by atoms with Crippen LogP contribution in [0.3, 0.4) is 0 Å². The van der Waals surface area contributed by atoms with Gasteiger partial charge in [-0.25, -0.2) is 4.68 Å². The highest BCUT2D eigenvalue weighted by atomic mass is 16.3. The normalized spacial score (nSPS) is 18.7. The fourth-order valence-corrected chi connectivity index (χ4v) is 4.90. The molecule has 1 unspecified atom stereocenters. The third kappa shape index (κ3) is 3.77. The molecular formula is C27H28N4O3. The zero-order valence-electron chi connectivity index (χ0n) is 19.8. The van der Waals surface area contributed by atoms with Gasteiger partial charge in [0.1, 0.15) is 23.2 Å². The number of phenols is 1. The molecule has 1 aliphatic heterocycles. The number of benzene rings is 2. The summed E-state index contributed by atoms with van der Waals surface area (Å²) in [6.07, 6.45) is 2.63. The molecule has 0 spiro atoms. The van der Waals surface area contributed by atoms with Crippen molar-refractivity contribution >= 4 is 23.2 Å². The summed E-state index contributed by atoms with van der Waals surface area (Å²) in [4.78, 5) is 26.5. The van der Waals surface area contributed by atoms with Crippen molar-refractivity contribution in [3.05, 3.63) is 82.2 Å². The lowest BCUT2D eigenvalue weighted by atomic mass is 9.73. The summed E-state index contributed by atoms with van der Waals surface area (Å²) in [6, 6.07) is 12.1. The van der Waals surface area contributed by atoms with E-state index in [9.17, 15) is 14.7 Å². The smallest absolute Gasteiger partial charge is 0.261 e. The van der Waals surface area contributed by atoms with Gasteiger partial charge in [-0.3, -0.25) is 9.59 Å². The first-order chi connectivity index (χ1) is 16.1. The number of aryl methyl sites for hydroxylation is 2. The van der Waals surface area contributed by atoms with E-state index < -0.39 is 6.04 Å². The molecule has 1 aliphatic carbocycles. The maximum Gasteiger partial charge on any atom is 0.261 e. The Hall–Kier alpha value is -3.87. The highest BCUT2D eigenvalue weighted by molar-refractivity contribution is 6.08. The maximum atomic E-state index is 13.3. The number of anilines is 2. The number of amides is 1. The van der Waals surface area contributed by atoms with E-state index in [4.69, 9.17) is 0 Å². The molecule has 0 fully saturated rings. The number of Topliss-reactive ketones (excluding diaryl/α,β-unsaturated/α-hetero) is 1. The number of phenolic OH excluding ortho intramolecular Hbond substituents is 1. The number of rotatable bonds is 3. The Labute approximate surface area is 198 Å². The quantitative estimate of drug-likeness (QED) is 0.509. The van der Waals surface area contributed by atoms with Gasteiger partial charge < -0.3 is 15.7 Å². The van der Waals surface area contributed by atoms with Crippen LogP contribution in [-0.2, 0) is 4.79 Å². The van der Waals surface area contributed by atoms with Crippen LogP contribution in [0.1, 0.15) is 59.8 Å². The molecule has 7 nitrogen and oxygen atoms in total. The molecule has 0 bridgehead atoms. The van der Waals surface area contributed by atoms with Crippen molar-refractivity contribution in [1.29, 1.82) is 0 Å². The van der Waals surface area contributed by atoms with E-state index >= 15 is 0 Å². The summed E-state index contributed by atoms with van der Waals surface area (Å²) < 4.78 is 1.68. The van der Waals surface area contributed by atoms with Gasteiger partial charge in [-0.15, -0.1) is 0 Å². The Morgan fingerprint density at radius 3 is 2.68 bits per heavy atom. The number of carbonyl (C=O) groups excluding carboxylic acids is 2. The third-order valence-electron chi connectivity index (χ3n) is 6.70. The first-order valence-electron chi connectivity index (χ1n) is 11.4. The molecule has 2 aliphatic rings. The number of hydrogen-bond acceptors (Lipinski definition) is 5. The van der Waals surface area contributed by atoms with Crippen LogP contribution in [-0.4, -0.2) is 26.6 Å². The SMILES string of the molecule is Cc1ccc(NC(=O)c2cnn3c2NC2=C(C(=O)CC(C)(C)C2)C3c2cccc(O)c2)cc1C. The maximum absolute atomic E-state index is 13.3. The fraction of sp³-hybridized carbons (Fsp3) is 0.296. The molecule has 0 saturated heterocycles. The van der Waals surface area contributed by atoms with E-state index in [-0.39, 0.29) is 22.9 Å². The van der Waals surface area contributed by atoms with Crippen molar-refractivity contribution in [3.63, 3.8) is 0 Å². The van der Waals surface area contributed by atoms with Crippen LogP contribution < -0.4 is 10.6 Å². The summed E-state index contributed by atoms with van der Waals surface area (Å²) >= 11 is 0. The van der Waals surface area contributed by atoms with E-state index in [1.807, 2.05) is 38.1 Å². The Balaban J connectivity index is 1.59. The lowest BCUT2D eigenvalue weighted by molar-refractivity contribution is -0.118. The summed E-state index contributed by atoms with van der Waals surface area (Å²) in [5.74, 6) is 0.425. The number of aromatic hydroxyl groups is 1. The van der Waals surface area contributed by atoms with E-state index in [1.165, 1.54) is 6.20 Å². The van der Waals surface area contributed by atoms with Crippen molar-refractivity contribution < 1.29 is 14.7 Å². The van der Waals surface area contributed by atoms with Crippen LogP contribution in [0.4, 0.5) is 11.5 Å². The van der Waals surface area contributed by atoms with Gasteiger partial charge >= 0.3 is 0 Å². The molecule has 2 heterocycles. The zero-order chi connectivity index (χ0) is 24.2. The van der Waals surface area contributed by atoms with Crippen molar-refractivity contribution in [3.8, 4) is 5.75 Å². The van der Waals surface area contributed by atoms with Gasteiger partial charge in [-0.1, -0.05) is 32.0 Å². The highest BCUT2D eigenvalue weighted by Crippen LogP contribution is 2.46. The number of hydrogen-bond donors (Lipinski definition) is 3. The lowest BCUT2D eigenvalue weighted by Crippen LogP contribution is -2.36. The molecule has 2 aromatic carbocycles. The molecule has 3 aromatic rings. The third-order valence-corrected chi connectivity index (χ3v) is 6.70.